The van der Waals surface area contributed by atoms with Crippen molar-refractivity contribution in [2.24, 2.45) is 12.2 Å². The van der Waals surface area contributed by atoms with E-state index < -0.39 is 12.1 Å². The summed E-state index contributed by atoms with van der Waals surface area (Å²) in [5, 5.41) is 17.3. The van der Waals surface area contributed by atoms with Gasteiger partial charge in [-0.3, -0.25) is 0 Å². The zero-order valence-electron chi connectivity index (χ0n) is 15.1. The predicted octanol–water partition coefficient (Wildman–Crippen LogP) is 3.31. The third kappa shape index (κ3) is 4.26. The average molecular weight is 382 g/mol. The monoisotopic (exact) mass is 381 g/mol. The zero-order valence-corrected chi connectivity index (χ0v) is 15.9. The Morgan fingerprint density at radius 2 is 2.08 bits per heavy atom. The minimum absolute atomic E-state index is 0.183. The van der Waals surface area contributed by atoms with Crippen LogP contribution in [0, 0.1) is 13.8 Å². The van der Waals surface area contributed by atoms with E-state index in [1.54, 1.807) is 17.8 Å². The lowest BCUT2D eigenvalue weighted by molar-refractivity contribution is -0.144. The summed E-state index contributed by atoms with van der Waals surface area (Å²) in [6, 6.07) is 3.07. The molecule has 140 valence electrons. The fourth-order valence-corrected chi connectivity index (χ4v) is 2.39. The number of hydrogen-bond acceptors (Lipinski definition) is 6. The van der Waals surface area contributed by atoms with Crippen molar-refractivity contribution < 1.29 is 24.2 Å². The van der Waals surface area contributed by atoms with Gasteiger partial charge in [0.1, 0.15) is 18.6 Å². The van der Waals surface area contributed by atoms with Gasteiger partial charge >= 0.3 is 5.97 Å². The van der Waals surface area contributed by atoms with E-state index in [1.807, 2.05) is 13.8 Å². The maximum Gasteiger partial charge on any atom is 0.344 e. The Morgan fingerprint density at radius 3 is 2.62 bits per heavy atom. The van der Waals surface area contributed by atoms with Crippen molar-refractivity contribution in [3.05, 3.63) is 34.0 Å². The van der Waals surface area contributed by atoms with E-state index in [1.165, 1.54) is 26.3 Å². The molecule has 1 N–H and O–H groups in total. The molecule has 0 amide bonds. The van der Waals surface area contributed by atoms with Crippen molar-refractivity contribution >= 4 is 23.8 Å². The highest BCUT2D eigenvalue weighted by atomic mass is 35.5. The molecular formula is C17H20ClN3O5. The molecule has 0 bridgehead atoms. The molecule has 9 heteroatoms. The fourth-order valence-electron chi connectivity index (χ4n) is 2.17. The van der Waals surface area contributed by atoms with Crippen LogP contribution in [0.25, 0.3) is 0 Å². The second-order valence-corrected chi connectivity index (χ2v) is 5.98. The lowest BCUT2D eigenvalue weighted by Crippen LogP contribution is -2.23. The van der Waals surface area contributed by atoms with Gasteiger partial charge in [0.2, 0.25) is 5.88 Å². The van der Waals surface area contributed by atoms with Gasteiger partial charge in [-0.2, -0.15) is 5.10 Å². The second kappa shape index (κ2) is 8.09. The fraction of sp³-hybridized carbons (Fsp3) is 0.353. The Morgan fingerprint density at radius 1 is 1.38 bits per heavy atom. The lowest BCUT2D eigenvalue weighted by atomic mass is 10.2. The summed E-state index contributed by atoms with van der Waals surface area (Å²) in [4.78, 5) is 15.8. The van der Waals surface area contributed by atoms with Crippen molar-refractivity contribution in [1.29, 1.82) is 0 Å². The highest BCUT2D eigenvalue weighted by Crippen LogP contribution is 2.36. The van der Waals surface area contributed by atoms with Gasteiger partial charge in [0.25, 0.3) is 0 Å². The number of aliphatic carboxylic acids is 1. The first-order valence-corrected chi connectivity index (χ1v) is 8.10. The summed E-state index contributed by atoms with van der Waals surface area (Å²) in [6.07, 6.45) is 0.365. The molecule has 8 nitrogen and oxygen atoms in total. The number of oxime groups is 1. The van der Waals surface area contributed by atoms with Gasteiger partial charge in [-0.1, -0.05) is 16.8 Å². The van der Waals surface area contributed by atoms with Gasteiger partial charge in [0.05, 0.1) is 16.9 Å². The maximum atomic E-state index is 11.0. The summed E-state index contributed by atoms with van der Waals surface area (Å²) in [5.74, 6) is -0.0163. The Labute approximate surface area is 155 Å². The molecule has 0 saturated heterocycles. The van der Waals surface area contributed by atoms with E-state index in [0.717, 1.165) is 11.3 Å². The van der Waals surface area contributed by atoms with Crippen LogP contribution in [0.3, 0.4) is 0 Å². The van der Waals surface area contributed by atoms with Gasteiger partial charge in [-0.25, -0.2) is 9.48 Å². The maximum absolute atomic E-state index is 11.0. The number of benzene rings is 1. The standard InChI is InChI=1S/C17H20ClN3O5/c1-9-10(2)20-21(4)16(9)26-14-7-15(25-11(3)17(22)23)13(18)6-12(14)8-19-24-5/h6-8,11H,1-5H3,(H,22,23)/b19-8+/t11-/m0/s1. The molecule has 0 unspecified atom stereocenters. The Bertz CT molecular complexity index is 847. The minimum atomic E-state index is -1.10. The molecule has 2 rings (SSSR count). The van der Waals surface area contributed by atoms with Crippen molar-refractivity contribution in [2.45, 2.75) is 26.9 Å². The second-order valence-electron chi connectivity index (χ2n) is 5.58. The van der Waals surface area contributed by atoms with E-state index in [9.17, 15) is 4.79 Å². The number of carboxylic acids is 1. The topological polar surface area (TPSA) is 95.2 Å². The Hall–Kier alpha value is -2.74. The molecule has 26 heavy (non-hydrogen) atoms. The van der Waals surface area contributed by atoms with Crippen LogP contribution in [-0.2, 0) is 16.7 Å². The normalized spacial score (nSPS) is 12.2. The molecule has 0 aliphatic rings. The quantitative estimate of drug-likeness (QED) is 0.584. The molecule has 0 spiro atoms. The van der Waals surface area contributed by atoms with E-state index >= 15 is 0 Å². The van der Waals surface area contributed by atoms with Crippen LogP contribution >= 0.6 is 11.6 Å². The third-order valence-corrected chi connectivity index (χ3v) is 3.97. The number of hydrogen-bond donors (Lipinski definition) is 1. The number of nitrogens with zero attached hydrogens (tertiary/aromatic N) is 3. The number of ether oxygens (including phenoxy) is 2. The molecular weight excluding hydrogens is 362 g/mol. The number of aryl methyl sites for hydroxylation is 2. The number of aromatic nitrogens is 2. The molecule has 1 heterocycles. The first-order chi connectivity index (χ1) is 12.2. The van der Waals surface area contributed by atoms with Crippen LogP contribution in [0.15, 0.2) is 17.3 Å². The number of rotatable bonds is 7. The molecule has 1 aromatic heterocycles. The van der Waals surface area contributed by atoms with Crippen LogP contribution in [-0.4, -0.2) is 40.3 Å². The van der Waals surface area contributed by atoms with Crippen LogP contribution in [0.1, 0.15) is 23.7 Å². The highest BCUT2D eigenvalue weighted by molar-refractivity contribution is 6.32. The third-order valence-electron chi connectivity index (χ3n) is 3.68. The van der Waals surface area contributed by atoms with Gasteiger partial charge in [0, 0.05) is 24.2 Å². The van der Waals surface area contributed by atoms with Gasteiger partial charge in [0.15, 0.2) is 6.10 Å². The Balaban J connectivity index is 2.49. The first-order valence-electron chi connectivity index (χ1n) is 7.72. The molecule has 1 atom stereocenters. The Kier molecular flexibility index (Phi) is 6.10. The molecule has 0 aliphatic carbocycles. The van der Waals surface area contributed by atoms with Gasteiger partial charge < -0.3 is 19.4 Å². The highest BCUT2D eigenvalue weighted by Gasteiger charge is 2.19. The van der Waals surface area contributed by atoms with Crippen LogP contribution < -0.4 is 9.47 Å². The molecule has 2 aromatic rings. The smallest absolute Gasteiger partial charge is 0.344 e. The van der Waals surface area contributed by atoms with E-state index in [2.05, 4.69) is 10.3 Å². The largest absolute Gasteiger partial charge is 0.479 e. The molecule has 0 saturated carbocycles. The van der Waals surface area contributed by atoms with Crippen LogP contribution in [0.2, 0.25) is 5.02 Å². The van der Waals surface area contributed by atoms with Crippen LogP contribution in [0.4, 0.5) is 0 Å². The molecule has 0 radical (unpaired) electrons. The molecule has 1 aromatic carbocycles. The van der Waals surface area contributed by atoms with Crippen molar-refractivity contribution in [1.82, 2.24) is 9.78 Å². The van der Waals surface area contributed by atoms with Crippen molar-refractivity contribution in [2.75, 3.05) is 7.11 Å². The van der Waals surface area contributed by atoms with Crippen molar-refractivity contribution in [3.8, 4) is 17.4 Å². The van der Waals surface area contributed by atoms with Gasteiger partial charge in [-0.05, 0) is 26.8 Å². The first kappa shape index (κ1) is 19.6. The van der Waals surface area contributed by atoms with Crippen molar-refractivity contribution in [3.63, 3.8) is 0 Å². The SMILES string of the molecule is CO/N=C/c1cc(Cl)c(O[C@@H](C)C(=O)O)cc1Oc1c(C)c(C)nn1C. The average Bonchev–Trinajstić information content (AvgIpc) is 2.82. The van der Waals surface area contributed by atoms with E-state index in [-0.39, 0.29) is 10.8 Å². The summed E-state index contributed by atoms with van der Waals surface area (Å²) in [6.45, 7) is 5.18. The number of halogens is 1. The summed E-state index contributed by atoms with van der Waals surface area (Å²) in [5.41, 5.74) is 2.24. The summed E-state index contributed by atoms with van der Waals surface area (Å²) >= 11 is 6.21. The summed E-state index contributed by atoms with van der Waals surface area (Å²) in [7, 11) is 3.18. The predicted molar refractivity (Wildman–Crippen MR) is 96.5 cm³/mol. The van der Waals surface area contributed by atoms with Gasteiger partial charge in [-0.15, -0.1) is 0 Å². The zero-order chi connectivity index (χ0) is 19.4. The van der Waals surface area contributed by atoms with Crippen LogP contribution in [0.5, 0.6) is 17.4 Å². The number of carbonyl (C=O) groups is 1. The summed E-state index contributed by atoms with van der Waals surface area (Å²) < 4.78 is 13.0. The lowest BCUT2D eigenvalue weighted by Gasteiger charge is -2.15. The minimum Gasteiger partial charge on any atom is -0.479 e. The molecule has 0 aliphatic heterocycles. The van der Waals surface area contributed by atoms with E-state index in [4.69, 9.17) is 31.0 Å². The number of carboxylic acid groups (broad SMARTS) is 1. The molecule has 0 fully saturated rings. The van der Waals surface area contributed by atoms with E-state index in [0.29, 0.717) is 17.2 Å².